The van der Waals surface area contributed by atoms with Crippen molar-refractivity contribution in [3.63, 3.8) is 0 Å². The Balaban J connectivity index is 1.67. The molecule has 0 aliphatic heterocycles. The number of fused-ring (bicyclic) bond motifs is 2. The maximum Gasteiger partial charge on any atom is 0.347 e. The third kappa shape index (κ3) is 4.84. The molecule has 180 valence electrons. The predicted molar refractivity (Wildman–Crippen MR) is 133 cm³/mol. The van der Waals surface area contributed by atoms with Crippen molar-refractivity contribution in [1.82, 2.24) is 14.7 Å². The Bertz CT molecular complexity index is 1470. The summed E-state index contributed by atoms with van der Waals surface area (Å²) in [6.45, 7) is 6.59. The highest BCUT2D eigenvalue weighted by molar-refractivity contribution is 7.89. The summed E-state index contributed by atoms with van der Waals surface area (Å²) in [5.74, 6) is 0.320. The topological polar surface area (TPSA) is 118 Å². The van der Waals surface area contributed by atoms with E-state index in [0.717, 1.165) is 24.2 Å². The lowest BCUT2D eigenvalue weighted by atomic mass is 10.1. The molecule has 0 saturated heterocycles. The minimum Gasteiger partial charge on any atom is -0.422 e. The normalized spacial score (nSPS) is 12.0. The minimum absolute atomic E-state index is 0.113. The lowest BCUT2D eigenvalue weighted by Crippen LogP contribution is -2.25. The molecule has 10 heteroatoms. The van der Waals surface area contributed by atoms with Crippen molar-refractivity contribution in [1.29, 1.82) is 0 Å². The zero-order valence-electron chi connectivity index (χ0n) is 19.4. The van der Waals surface area contributed by atoms with Crippen LogP contribution >= 0.6 is 0 Å². The van der Waals surface area contributed by atoms with Crippen LogP contribution < -0.4 is 15.2 Å². The molecule has 0 aliphatic carbocycles. The number of ether oxygens (including phenoxy) is 1. The van der Waals surface area contributed by atoms with Crippen LogP contribution in [0.15, 0.2) is 56.6 Å². The number of anilines is 1. The molecule has 0 atom stereocenters. The first-order chi connectivity index (χ1) is 16.4. The fourth-order valence-electron chi connectivity index (χ4n) is 3.84. The summed E-state index contributed by atoms with van der Waals surface area (Å²) in [5, 5.41) is 0.773. The first-order valence-electron chi connectivity index (χ1n) is 11.2. The molecule has 2 N–H and O–H groups in total. The van der Waals surface area contributed by atoms with Crippen LogP contribution in [0.1, 0.15) is 20.3 Å². The van der Waals surface area contributed by atoms with Gasteiger partial charge in [-0.05, 0) is 56.7 Å². The van der Waals surface area contributed by atoms with Crippen molar-refractivity contribution in [3.8, 4) is 11.4 Å². The SMILES string of the molecule is CCN(CC)c1ccc2cc(-c3nc4ccc(S(=O)(=O)NCCCOC)cc4[nH]3)c(=O)oc2c1. The largest absolute Gasteiger partial charge is 0.422 e. The Kier molecular flexibility index (Phi) is 7.01. The van der Waals surface area contributed by atoms with E-state index in [9.17, 15) is 13.2 Å². The van der Waals surface area contributed by atoms with Crippen LogP contribution in [0.4, 0.5) is 5.69 Å². The average molecular weight is 485 g/mol. The molecule has 0 saturated carbocycles. The predicted octanol–water partition coefficient (Wildman–Crippen LogP) is 3.50. The third-order valence-corrected chi connectivity index (χ3v) is 7.14. The number of hydrogen-bond donors (Lipinski definition) is 2. The minimum atomic E-state index is -3.68. The van der Waals surface area contributed by atoms with Gasteiger partial charge in [-0.15, -0.1) is 0 Å². The van der Waals surface area contributed by atoms with E-state index >= 15 is 0 Å². The molecule has 2 aromatic carbocycles. The van der Waals surface area contributed by atoms with Crippen LogP contribution in [-0.4, -0.2) is 51.7 Å². The molecule has 0 unspecified atom stereocenters. The number of benzene rings is 2. The molecule has 2 heterocycles. The van der Waals surface area contributed by atoms with Crippen LogP contribution in [0.2, 0.25) is 0 Å². The van der Waals surface area contributed by atoms with Crippen molar-refractivity contribution < 1.29 is 17.6 Å². The van der Waals surface area contributed by atoms with Gasteiger partial charge in [-0.25, -0.2) is 22.9 Å². The van der Waals surface area contributed by atoms with Crippen LogP contribution in [0.25, 0.3) is 33.4 Å². The van der Waals surface area contributed by atoms with Gasteiger partial charge in [0.25, 0.3) is 0 Å². The van der Waals surface area contributed by atoms with E-state index in [2.05, 4.69) is 33.4 Å². The summed E-state index contributed by atoms with van der Waals surface area (Å²) >= 11 is 0. The molecule has 4 rings (SSSR count). The molecule has 34 heavy (non-hydrogen) atoms. The standard InChI is InChI=1S/C24H28N4O5S/c1-4-28(5-2)17-8-7-16-13-19(24(29)33-22(16)14-17)23-26-20-10-9-18(15-21(20)27-23)34(30,31)25-11-6-12-32-3/h7-10,13-15,25H,4-6,11-12H2,1-3H3,(H,26,27). The second-order valence-electron chi connectivity index (χ2n) is 7.85. The summed E-state index contributed by atoms with van der Waals surface area (Å²) < 4.78 is 38.3. The molecule has 9 nitrogen and oxygen atoms in total. The number of aromatic nitrogens is 2. The van der Waals surface area contributed by atoms with Gasteiger partial charge < -0.3 is 19.0 Å². The average Bonchev–Trinajstić information content (AvgIpc) is 3.25. The summed E-state index contributed by atoms with van der Waals surface area (Å²) in [7, 11) is -2.11. The number of nitrogens with zero attached hydrogens (tertiary/aromatic N) is 2. The molecule has 0 fully saturated rings. The van der Waals surface area contributed by atoms with E-state index in [0.29, 0.717) is 35.5 Å². The molecule has 0 bridgehead atoms. The molecular formula is C24H28N4O5S. The molecule has 0 radical (unpaired) electrons. The maximum absolute atomic E-state index is 12.8. The van der Waals surface area contributed by atoms with Gasteiger partial charge in [0.2, 0.25) is 10.0 Å². The van der Waals surface area contributed by atoms with E-state index in [1.807, 2.05) is 18.2 Å². The quantitative estimate of drug-likeness (QED) is 0.261. The fraction of sp³-hybridized carbons (Fsp3) is 0.333. The molecule has 0 aliphatic rings. The number of hydrogen-bond acceptors (Lipinski definition) is 7. The van der Waals surface area contributed by atoms with Gasteiger partial charge in [0.05, 0.1) is 15.9 Å². The van der Waals surface area contributed by atoms with E-state index in [-0.39, 0.29) is 17.0 Å². The second kappa shape index (κ2) is 9.96. The van der Waals surface area contributed by atoms with Crippen molar-refractivity contribution >= 4 is 37.7 Å². The van der Waals surface area contributed by atoms with Crippen LogP contribution in [-0.2, 0) is 14.8 Å². The number of H-pyrrole nitrogens is 1. The fourth-order valence-corrected chi connectivity index (χ4v) is 4.94. The van der Waals surface area contributed by atoms with Crippen molar-refractivity contribution in [2.24, 2.45) is 0 Å². The second-order valence-corrected chi connectivity index (χ2v) is 9.62. The van der Waals surface area contributed by atoms with Crippen molar-refractivity contribution in [2.45, 2.75) is 25.2 Å². The number of nitrogens with one attached hydrogen (secondary N) is 2. The molecule has 0 amide bonds. The lowest BCUT2D eigenvalue weighted by molar-refractivity contribution is 0.196. The number of rotatable bonds is 10. The van der Waals surface area contributed by atoms with Gasteiger partial charge in [0.1, 0.15) is 17.0 Å². The van der Waals surface area contributed by atoms with Crippen molar-refractivity contribution in [2.75, 3.05) is 38.3 Å². The van der Waals surface area contributed by atoms with Gasteiger partial charge in [0, 0.05) is 50.5 Å². The van der Waals surface area contributed by atoms with Crippen LogP contribution in [0.3, 0.4) is 0 Å². The zero-order valence-corrected chi connectivity index (χ0v) is 20.2. The molecular weight excluding hydrogens is 456 g/mol. The highest BCUT2D eigenvalue weighted by Gasteiger charge is 2.17. The van der Waals surface area contributed by atoms with E-state index in [4.69, 9.17) is 9.15 Å². The highest BCUT2D eigenvalue weighted by atomic mass is 32.2. The molecule has 2 aromatic heterocycles. The Hall–Kier alpha value is -3.21. The summed E-state index contributed by atoms with van der Waals surface area (Å²) in [4.78, 5) is 22.6. The zero-order chi connectivity index (χ0) is 24.3. The number of sulfonamides is 1. The summed E-state index contributed by atoms with van der Waals surface area (Å²) in [6, 6.07) is 12.1. The van der Waals surface area contributed by atoms with Crippen LogP contribution in [0.5, 0.6) is 0 Å². The highest BCUT2D eigenvalue weighted by Crippen LogP contribution is 2.26. The number of aromatic amines is 1. The number of methoxy groups -OCH3 is 1. The first kappa shape index (κ1) is 23.9. The molecule has 4 aromatic rings. The van der Waals surface area contributed by atoms with Crippen LogP contribution in [0, 0.1) is 0 Å². The van der Waals surface area contributed by atoms with E-state index in [1.165, 1.54) is 12.1 Å². The van der Waals surface area contributed by atoms with Gasteiger partial charge in [0.15, 0.2) is 0 Å². The van der Waals surface area contributed by atoms with E-state index < -0.39 is 15.6 Å². The smallest absolute Gasteiger partial charge is 0.347 e. The molecule has 0 spiro atoms. The van der Waals surface area contributed by atoms with Crippen molar-refractivity contribution in [3.05, 3.63) is 52.9 Å². The van der Waals surface area contributed by atoms with Gasteiger partial charge in [-0.1, -0.05) is 0 Å². The Morgan fingerprint density at radius 3 is 2.65 bits per heavy atom. The van der Waals surface area contributed by atoms with E-state index in [1.54, 1.807) is 19.2 Å². The number of imidazole rings is 1. The van der Waals surface area contributed by atoms with Gasteiger partial charge in [-0.3, -0.25) is 0 Å². The lowest BCUT2D eigenvalue weighted by Gasteiger charge is -2.20. The summed E-state index contributed by atoms with van der Waals surface area (Å²) in [5.41, 5.74) is 2.30. The Labute approximate surface area is 197 Å². The maximum atomic E-state index is 12.8. The monoisotopic (exact) mass is 484 g/mol. The Morgan fingerprint density at radius 1 is 1.12 bits per heavy atom. The Morgan fingerprint density at radius 2 is 1.91 bits per heavy atom. The van der Waals surface area contributed by atoms with Gasteiger partial charge >= 0.3 is 5.63 Å². The van der Waals surface area contributed by atoms with Gasteiger partial charge in [-0.2, -0.15) is 0 Å². The third-order valence-electron chi connectivity index (χ3n) is 5.68. The first-order valence-corrected chi connectivity index (χ1v) is 12.7. The summed E-state index contributed by atoms with van der Waals surface area (Å²) in [6.07, 6.45) is 0.570.